The lowest BCUT2D eigenvalue weighted by molar-refractivity contribution is -0.115. The van der Waals surface area contributed by atoms with Crippen LogP contribution in [0.5, 0.6) is 0 Å². The van der Waals surface area contributed by atoms with Crippen LogP contribution in [0.2, 0.25) is 0 Å². The number of rotatable bonds is 6. The van der Waals surface area contributed by atoms with Gasteiger partial charge in [0.2, 0.25) is 5.91 Å². The number of benzene rings is 1. The third kappa shape index (κ3) is 3.93. The molecule has 106 valence electrons. The molecule has 2 aromatic rings. The molecule has 1 atom stereocenters. The van der Waals surface area contributed by atoms with Gasteiger partial charge in [-0.1, -0.05) is 19.1 Å². The molecule has 5 heteroatoms. The minimum absolute atomic E-state index is 0.0282. The van der Waals surface area contributed by atoms with Crippen molar-refractivity contribution in [3.63, 3.8) is 0 Å². The summed E-state index contributed by atoms with van der Waals surface area (Å²) in [4.78, 5) is 18.8. The zero-order valence-electron chi connectivity index (χ0n) is 11.8. The largest absolute Gasteiger partial charge is 0.345 e. The van der Waals surface area contributed by atoms with Gasteiger partial charge in [-0.05, 0) is 31.0 Å². The molecule has 0 aliphatic carbocycles. The summed E-state index contributed by atoms with van der Waals surface area (Å²) < 4.78 is 0. The maximum absolute atomic E-state index is 11.8. The second kappa shape index (κ2) is 6.86. The van der Waals surface area contributed by atoms with Crippen molar-refractivity contribution in [2.24, 2.45) is 0 Å². The second-order valence-corrected chi connectivity index (χ2v) is 4.78. The highest BCUT2D eigenvalue weighted by Gasteiger charge is 2.05. The number of imidazole rings is 1. The van der Waals surface area contributed by atoms with Gasteiger partial charge in [0.25, 0.3) is 0 Å². The Morgan fingerprint density at radius 3 is 2.70 bits per heavy atom. The normalized spacial score (nSPS) is 12.1. The first-order chi connectivity index (χ1) is 9.69. The SMILES string of the molecule is CCC(C)NCC(=O)Nc1ccc(-c2cnc[nH]2)cc1. The van der Waals surface area contributed by atoms with Gasteiger partial charge in [-0.3, -0.25) is 4.79 Å². The van der Waals surface area contributed by atoms with E-state index in [2.05, 4.69) is 34.4 Å². The number of nitrogens with one attached hydrogen (secondary N) is 3. The standard InChI is InChI=1S/C15H20N4O/c1-3-11(2)17-9-15(20)19-13-6-4-12(5-7-13)14-8-16-10-18-14/h4-8,10-11,17H,3,9H2,1-2H3,(H,16,18)(H,19,20). The summed E-state index contributed by atoms with van der Waals surface area (Å²) in [6.45, 7) is 4.48. The van der Waals surface area contributed by atoms with Crippen LogP contribution in [0.3, 0.4) is 0 Å². The van der Waals surface area contributed by atoms with Crippen LogP contribution in [0.1, 0.15) is 20.3 Å². The first-order valence-corrected chi connectivity index (χ1v) is 6.81. The number of nitrogens with zero attached hydrogens (tertiary/aromatic N) is 1. The molecule has 0 saturated heterocycles. The van der Waals surface area contributed by atoms with E-state index in [9.17, 15) is 4.79 Å². The van der Waals surface area contributed by atoms with Gasteiger partial charge in [-0.15, -0.1) is 0 Å². The monoisotopic (exact) mass is 272 g/mol. The summed E-state index contributed by atoms with van der Waals surface area (Å²) in [5.41, 5.74) is 2.80. The van der Waals surface area contributed by atoms with Gasteiger partial charge >= 0.3 is 0 Å². The molecule has 2 rings (SSSR count). The Bertz CT molecular complexity index is 534. The molecule has 0 aliphatic rings. The van der Waals surface area contributed by atoms with E-state index in [4.69, 9.17) is 0 Å². The summed E-state index contributed by atoms with van der Waals surface area (Å²) in [6, 6.07) is 8.02. The number of aromatic nitrogens is 2. The fraction of sp³-hybridized carbons (Fsp3) is 0.333. The zero-order chi connectivity index (χ0) is 14.4. The van der Waals surface area contributed by atoms with E-state index in [0.29, 0.717) is 12.6 Å². The Balaban J connectivity index is 1.89. The molecule has 0 bridgehead atoms. The summed E-state index contributed by atoms with van der Waals surface area (Å²) in [5, 5.41) is 6.03. The van der Waals surface area contributed by atoms with Crippen molar-refractivity contribution < 1.29 is 4.79 Å². The van der Waals surface area contributed by atoms with E-state index in [1.54, 1.807) is 12.5 Å². The summed E-state index contributed by atoms with van der Waals surface area (Å²) >= 11 is 0. The lowest BCUT2D eigenvalue weighted by Crippen LogP contribution is -2.33. The predicted octanol–water partition coefficient (Wildman–Crippen LogP) is 2.40. The molecule has 0 saturated carbocycles. The molecule has 1 amide bonds. The van der Waals surface area contributed by atoms with Gasteiger partial charge in [-0.2, -0.15) is 0 Å². The van der Waals surface area contributed by atoms with Crippen molar-refractivity contribution in [1.82, 2.24) is 15.3 Å². The van der Waals surface area contributed by atoms with Gasteiger partial charge in [-0.25, -0.2) is 4.98 Å². The van der Waals surface area contributed by atoms with E-state index in [1.807, 2.05) is 24.3 Å². The number of hydrogen-bond donors (Lipinski definition) is 3. The van der Waals surface area contributed by atoms with Crippen LogP contribution < -0.4 is 10.6 Å². The number of carbonyl (C=O) groups is 1. The summed E-state index contributed by atoms with van der Waals surface area (Å²) in [6.07, 6.45) is 4.42. The first-order valence-electron chi connectivity index (χ1n) is 6.81. The molecule has 1 aromatic heterocycles. The van der Waals surface area contributed by atoms with Crippen LogP contribution in [0.15, 0.2) is 36.8 Å². The van der Waals surface area contributed by atoms with Crippen LogP contribution in [-0.4, -0.2) is 28.5 Å². The third-order valence-corrected chi connectivity index (χ3v) is 3.20. The van der Waals surface area contributed by atoms with E-state index in [0.717, 1.165) is 23.4 Å². The van der Waals surface area contributed by atoms with Gasteiger partial charge in [0.15, 0.2) is 0 Å². The van der Waals surface area contributed by atoms with Crippen molar-refractivity contribution in [1.29, 1.82) is 0 Å². The summed E-state index contributed by atoms with van der Waals surface area (Å²) in [7, 11) is 0. The average Bonchev–Trinajstić information content (AvgIpc) is 2.99. The lowest BCUT2D eigenvalue weighted by atomic mass is 10.1. The quantitative estimate of drug-likeness (QED) is 0.756. The zero-order valence-corrected chi connectivity index (χ0v) is 11.8. The Kier molecular flexibility index (Phi) is 4.90. The third-order valence-electron chi connectivity index (χ3n) is 3.20. The number of H-pyrrole nitrogens is 1. The van der Waals surface area contributed by atoms with Gasteiger partial charge < -0.3 is 15.6 Å². The van der Waals surface area contributed by atoms with Gasteiger partial charge in [0, 0.05) is 11.7 Å². The van der Waals surface area contributed by atoms with E-state index in [1.165, 1.54) is 0 Å². The number of anilines is 1. The minimum atomic E-state index is -0.0282. The fourth-order valence-electron chi connectivity index (χ4n) is 1.76. The molecular weight excluding hydrogens is 252 g/mol. The molecule has 1 unspecified atom stereocenters. The van der Waals surface area contributed by atoms with Crippen molar-refractivity contribution in [3.05, 3.63) is 36.8 Å². The van der Waals surface area contributed by atoms with Gasteiger partial charge in [0.1, 0.15) is 0 Å². The molecule has 0 fully saturated rings. The highest BCUT2D eigenvalue weighted by atomic mass is 16.1. The second-order valence-electron chi connectivity index (χ2n) is 4.78. The van der Waals surface area contributed by atoms with Crippen molar-refractivity contribution >= 4 is 11.6 Å². The van der Waals surface area contributed by atoms with Gasteiger partial charge in [0.05, 0.1) is 24.8 Å². The first kappa shape index (κ1) is 14.3. The highest BCUT2D eigenvalue weighted by molar-refractivity contribution is 5.92. The molecule has 3 N–H and O–H groups in total. The van der Waals surface area contributed by atoms with Crippen molar-refractivity contribution in [2.75, 3.05) is 11.9 Å². The molecule has 0 aliphatic heterocycles. The number of carbonyl (C=O) groups excluding carboxylic acids is 1. The van der Waals surface area contributed by atoms with Crippen LogP contribution in [-0.2, 0) is 4.79 Å². The molecule has 20 heavy (non-hydrogen) atoms. The fourth-order valence-corrected chi connectivity index (χ4v) is 1.76. The van der Waals surface area contributed by atoms with E-state index < -0.39 is 0 Å². The lowest BCUT2D eigenvalue weighted by Gasteiger charge is -2.11. The van der Waals surface area contributed by atoms with Crippen LogP contribution in [0, 0.1) is 0 Å². The highest BCUT2D eigenvalue weighted by Crippen LogP contribution is 2.18. The number of amides is 1. The average molecular weight is 272 g/mol. The molecule has 1 heterocycles. The molecule has 1 aromatic carbocycles. The number of aromatic amines is 1. The Labute approximate surface area is 118 Å². The van der Waals surface area contributed by atoms with E-state index >= 15 is 0 Å². The van der Waals surface area contributed by atoms with Crippen LogP contribution >= 0.6 is 0 Å². The maximum Gasteiger partial charge on any atom is 0.238 e. The predicted molar refractivity (Wildman–Crippen MR) is 80.4 cm³/mol. The maximum atomic E-state index is 11.8. The Morgan fingerprint density at radius 2 is 2.10 bits per heavy atom. The van der Waals surface area contributed by atoms with Crippen molar-refractivity contribution in [2.45, 2.75) is 26.3 Å². The topological polar surface area (TPSA) is 69.8 Å². The molecule has 0 spiro atoms. The smallest absolute Gasteiger partial charge is 0.238 e. The van der Waals surface area contributed by atoms with E-state index in [-0.39, 0.29) is 5.91 Å². The molecule has 5 nitrogen and oxygen atoms in total. The van der Waals surface area contributed by atoms with Crippen LogP contribution in [0.4, 0.5) is 5.69 Å². The van der Waals surface area contributed by atoms with Crippen molar-refractivity contribution in [3.8, 4) is 11.3 Å². The summed E-state index contributed by atoms with van der Waals surface area (Å²) in [5.74, 6) is -0.0282. The molecular formula is C15H20N4O. The van der Waals surface area contributed by atoms with Crippen LogP contribution in [0.25, 0.3) is 11.3 Å². The Morgan fingerprint density at radius 1 is 1.35 bits per heavy atom. The molecule has 0 radical (unpaired) electrons. The minimum Gasteiger partial charge on any atom is -0.345 e. The Hall–Kier alpha value is -2.14. The number of hydrogen-bond acceptors (Lipinski definition) is 3.